The highest BCUT2D eigenvalue weighted by Gasteiger charge is 2.19. The molecule has 2 rings (SSSR count). The molecular weight excluding hydrogens is 407 g/mol. The average molecular weight is 424 g/mol. The number of benzene rings is 2. The number of halogens is 1. The molecule has 5 heteroatoms. The first-order valence-corrected chi connectivity index (χ1v) is 8.29. The molecule has 0 unspecified atom stereocenters. The lowest BCUT2D eigenvalue weighted by atomic mass is 10.1. The summed E-state index contributed by atoms with van der Waals surface area (Å²) in [6, 6.07) is 12.9. The van der Waals surface area contributed by atoms with Crippen LogP contribution in [0.1, 0.15) is 40.1 Å². The maximum atomic E-state index is 12.1. The highest BCUT2D eigenvalue weighted by Crippen LogP contribution is 2.27. The van der Waals surface area contributed by atoms with E-state index in [1.807, 2.05) is 30.3 Å². The number of esters is 1. The third-order valence-corrected chi connectivity index (χ3v) is 4.07. The van der Waals surface area contributed by atoms with Gasteiger partial charge in [0.15, 0.2) is 5.78 Å². The van der Waals surface area contributed by atoms with Crippen molar-refractivity contribution in [3.63, 3.8) is 0 Å². The third kappa shape index (κ3) is 4.54. The van der Waals surface area contributed by atoms with Crippen molar-refractivity contribution < 1.29 is 19.1 Å². The monoisotopic (exact) mass is 424 g/mol. The van der Waals surface area contributed by atoms with Gasteiger partial charge >= 0.3 is 5.97 Å². The summed E-state index contributed by atoms with van der Waals surface area (Å²) in [7, 11) is 0. The molecule has 0 heterocycles. The second kappa shape index (κ2) is 8.10. The van der Waals surface area contributed by atoms with Gasteiger partial charge in [0.1, 0.15) is 17.9 Å². The zero-order chi connectivity index (χ0) is 16.8. The maximum absolute atomic E-state index is 12.1. The number of hydrogen-bond donors (Lipinski definition) is 0. The molecule has 0 N–H and O–H groups in total. The minimum atomic E-state index is -0.491. The van der Waals surface area contributed by atoms with Gasteiger partial charge in [-0.05, 0) is 54.1 Å². The minimum Gasteiger partial charge on any atom is -0.488 e. The molecule has 4 nitrogen and oxygen atoms in total. The molecule has 0 aliphatic carbocycles. The van der Waals surface area contributed by atoms with Crippen LogP contribution in [0.15, 0.2) is 42.5 Å². The zero-order valence-electron chi connectivity index (χ0n) is 13.0. The van der Waals surface area contributed by atoms with Gasteiger partial charge in [0, 0.05) is 9.13 Å². The Morgan fingerprint density at radius 1 is 1.09 bits per heavy atom. The summed E-state index contributed by atoms with van der Waals surface area (Å²) < 4.78 is 11.6. The van der Waals surface area contributed by atoms with Crippen LogP contribution in [0.25, 0.3) is 0 Å². The lowest BCUT2D eigenvalue weighted by molar-refractivity contribution is 0.0521. The normalized spacial score (nSPS) is 10.2. The van der Waals surface area contributed by atoms with Gasteiger partial charge in [0.2, 0.25) is 0 Å². The van der Waals surface area contributed by atoms with Gasteiger partial charge in [-0.25, -0.2) is 4.79 Å². The minimum absolute atomic E-state index is 0.102. The van der Waals surface area contributed by atoms with E-state index in [-0.39, 0.29) is 18.0 Å². The summed E-state index contributed by atoms with van der Waals surface area (Å²) in [6.45, 7) is 3.80. The summed E-state index contributed by atoms with van der Waals surface area (Å²) in [4.78, 5) is 23.8. The molecule has 0 saturated carbocycles. The number of carbonyl (C=O) groups is 2. The van der Waals surface area contributed by atoms with Gasteiger partial charge in [-0.3, -0.25) is 4.79 Å². The quantitative estimate of drug-likeness (QED) is 0.395. The van der Waals surface area contributed by atoms with Crippen LogP contribution >= 0.6 is 22.6 Å². The molecule has 2 aromatic rings. The van der Waals surface area contributed by atoms with Gasteiger partial charge in [-0.1, -0.05) is 30.3 Å². The molecule has 0 fully saturated rings. The van der Waals surface area contributed by atoms with Gasteiger partial charge in [0.25, 0.3) is 0 Å². The summed E-state index contributed by atoms with van der Waals surface area (Å²) in [5.74, 6) is -0.175. The number of rotatable bonds is 6. The van der Waals surface area contributed by atoms with Crippen LogP contribution in [0, 0.1) is 3.57 Å². The fraction of sp³-hybridized carbons (Fsp3) is 0.222. The first kappa shape index (κ1) is 17.5. The Labute approximate surface area is 148 Å². The maximum Gasteiger partial charge on any atom is 0.341 e. The molecule has 0 aromatic heterocycles. The van der Waals surface area contributed by atoms with Crippen molar-refractivity contribution >= 4 is 34.3 Å². The molecule has 0 amide bonds. The van der Waals surface area contributed by atoms with Crippen LogP contribution in [-0.4, -0.2) is 18.4 Å². The van der Waals surface area contributed by atoms with Crippen LogP contribution in [0.2, 0.25) is 0 Å². The van der Waals surface area contributed by atoms with Crippen molar-refractivity contribution in [3.8, 4) is 5.75 Å². The molecular formula is C18H17IO4. The molecule has 0 spiro atoms. The summed E-state index contributed by atoms with van der Waals surface area (Å²) in [5.41, 5.74) is 1.75. The topological polar surface area (TPSA) is 52.6 Å². The summed E-state index contributed by atoms with van der Waals surface area (Å²) >= 11 is 2.06. The Morgan fingerprint density at radius 2 is 1.78 bits per heavy atom. The number of ketones is 1. The highest BCUT2D eigenvalue weighted by atomic mass is 127. The van der Waals surface area contributed by atoms with Crippen molar-refractivity contribution in [2.24, 2.45) is 0 Å². The molecule has 0 aliphatic rings. The van der Waals surface area contributed by atoms with Gasteiger partial charge < -0.3 is 9.47 Å². The number of ether oxygens (including phenoxy) is 2. The summed E-state index contributed by atoms with van der Waals surface area (Å²) in [6.07, 6.45) is 0. The molecule has 2 aromatic carbocycles. The third-order valence-electron chi connectivity index (χ3n) is 3.18. The average Bonchev–Trinajstić information content (AvgIpc) is 2.53. The standard InChI is InChI=1S/C18H17IO4/c1-3-22-18(21)15-9-14(12(2)20)16(19)10-17(15)23-11-13-7-5-4-6-8-13/h4-10H,3,11H2,1-2H3. The van der Waals surface area contributed by atoms with E-state index in [9.17, 15) is 9.59 Å². The molecule has 0 radical (unpaired) electrons. The van der Waals surface area contributed by atoms with Gasteiger partial charge in [-0.15, -0.1) is 0 Å². The van der Waals surface area contributed by atoms with Crippen LogP contribution in [0.5, 0.6) is 5.75 Å². The second-order valence-corrected chi connectivity index (χ2v) is 6.04. The van der Waals surface area contributed by atoms with E-state index in [0.29, 0.717) is 17.9 Å². The molecule has 120 valence electrons. The smallest absolute Gasteiger partial charge is 0.341 e. The van der Waals surface area contributed by atoms with E-state index in [1.165, 1.54) is 6.92 Å². The fourth-order valence-corrected chi connectivity index (χ4v) is 2.87. The predicted molar refractivity (Wildman–Crippen MR) is 95.9 cm³/mol. The highest BCUT2D eigenvalue weighted by molar-refractivity contribution is 14.1. The fourth-order valence-electron chi connectivity index (χ4n) is 2.05. The first-order chi connectivity index (χ1) is 11.0. The number of hydrogen-bond acceptors (Lipinski definition) is 4. The van der Waals surface area contributed by atoms with E-state index in [2.05, 4.69) is 22.6 Å². The van der Waals surface area contributed by atoms with E-state index < -0.39 is 5.97 Å². The van der Waals surface area contributed by atoms with Crippen LogP contribution in [0.4, 0.5) is 0 Å². The SMILES string of the molecule is CCOC(=O)c1cc(C(C)=O)c(I)cc1OCc1ccccc1. The van der Waals surface area contributed by atoms with E-state index in [4.69, 9.17) is 9.47 Å². The Balaban J connectivity index is 2.34. The molecule has 0 atom stereocenters. The van der Waals surface area contributed by atoms with Crippen molar-refractivity contribution in [2.75, 3.05) is 6.61 Å². The first-order valence-electron chi connectivity index (χ1n) is 7.21. The van der Waals surface area contributed by atoms with Crippen molar-refractivity contribution in [1.82, 2.24) is 0 Å². The van der Waals surface area contributed by atoms with Crippen LogP contribution in [-0.2, 0) is 11.3 Å². The van der Waals surface area contributed by atoms with Crippen molar-refractivity contribution in [1.29, 1.82) is 0 Å². The second-order valence-electron chi connectivity index (χ2n) is 4.88. The van der Waals surface area contributed by atoms with E-state index in [0.717, 1.165) is 9.13 Å². The molecule has 0 saturated heterocycles. The molecule has 23 heavy (non-hydrogen) atoms. The Bertz CT molecular complexity index is 710. The van der Waals surface area contributed by atoms with Crippen LogP contribution < -0.4 is 4.74 Å². The van der Waals surface area contributed by atoms with Gasteiger partial charge in [-0.2, -0.15) is 0 Å². The summed E-state index contributed by atoms with van der Waals surface area (Å²) in [5, 5.41) is 0. The van der Waals surface area contributed by atoms with E-state index >= 15 is 0 Å². The molecule has 0 bridgehead atoms. The Kier molecular flexibility index (Phi) is 6.15. The van der Waals surface area contributed by atoms with Crippen LogP contribution in [0.3, 0.4) is 0 Å². The molecule has 0 aliphatic heterocycles. The largest absolute Gasteiger partial charge is 0.488 e. The Hall–Kier alpha value is -1.89. The van der Waals surface area contributed by atoms with Gasteiger partial charge in [0.05, 0.1) is 6.61 Å². The number of Topliss-reactive ketones (excluding diaryl/α,β-unsaturated/α-hetero) is 1. The lowest BCUT2D eigenvalue weighted by Gasteiger charge is -2.13. The lowest BCUT2D eigenvalue weighted by Crippen LogP contribution is -2.10. The van der Waals surface area contributed by atoms with Crippen molar-refractivity contribution in [3.05, 3.63) is 62.7 Å². The predicted octanol–water partition coefficient (Wildman–Crippen LogP) is 4.25. The Morgan fingerprint density at radius 3 is 2.39 bits per heavy atom. The number of carbonyl (C=O) groups excluding carboxylic acids is 2. The van der Waals surface area contributed by atoms with Crippen molar-refractivity contribution in [2.45, 2.75) is 20.5 Å². The van der Waals surface area contributed by atoms with E-state index in [1.54, 1.807) is 19.1 Å². The zero-order valence-corrected chi connectivity index (χ0v) is 15.1.